The zero-order chi connectivity index (χ0) is 11.3. The van der Waals surface area contributed by atoms with Crippen LogP contribution in [-0.2, 0) is 13.0 Å². The van der Waals surface area contributed by atoms with Crippen LogP contribution in [0.5, 0.6) is 0 Å². The predicted octanol–water partition coefficient (Wildman–Crippen LogP) is 2.67. The molecule has 1 heterocycles. The molecule has 2 heteroatoms. The molecular formula is C13H24N2. The van der Waals surface area contributed by atoms with Crippen molar-refractivity contribution in [3.8, 4) is 0 Å². The van der Waals surface area contributed by atoms with Crippen LogP contribution in [0.1, 0.15) is 37.2 Å². The van der Waals surface area contributed by atoms with E-state index in [1.165, 1.54) is 29.8 Å². The molecule has 0 saturated carbocycles. The highest BCUT2D eigenvalue weighted by Crippen LogP contribution is 2.16. The largest absolute Gasteiger partial charge is 0.349 e. The lowest BCUT2D eigenvalue weighted by molar-refractivity contribution is 0.666. The lowest BCUT2D eigenvalue weighted by Gasteiger charge is -2.06. The van der Waals surface area contributed by atoms with E-state index in [4.69, 9.17) is 0 Å². The van der Waals surface area contributed by atoms with Crippen LogP contribution in [0.25, 0.3) is 0 Å². The molecule has 0 amide bonds. The molecule has 1 rings (SSSR count). The third-order valence-corrected chi connectivity index (χ3v) is 3.04. The van der Waals surface area contributed by atoms with Gasteiger partial charge in [-0.25, -0.2) is 0 Å². The Morgan fingerprint density at radius 3 is 2.53 bits per heavy atom. The van der Waals surface area contributed by atoms with E-state index in [-0.39, 0.29) is 0 Å². The van der Waals surface area contributed by atoms with Crippen molar-refractivity contribution < 1.29 is 0 Å². The second kappa shape index (κ2) is 5.96. The number of rotatable bonds is 6. The van der Waals surface area contributed by atoms with Gasteiger partial charge in [0.15, 0.2) is 0 Å². The summed E-state index contributed by atoms with van der Waals surface area (Å²) in [5.74, 6) is 0. The molecule has 86 valence electrons. The SMILES string of the molecule is CCNCCCc1cc(C)n(CC)c1C. The molecule has 0 radical (unpaired) electrons. The number of nitrogens with zero attached hydrogens (tertiary/aromatic N) is 1. The monoisotopic (exact) mass is 208 g/mol. The van der Waals surface area contributed by atoms with Gasteiger partial charge in [-0.05, 0) is 58.3 Å². The zero-order valence-electron chi connectivity index (χ0n) is 10.6. The molecule has 0 aliphatic carbocycles. The fraction of sp³-hybridized carbons (Fsp3) is 0.692. The Hall–Kier alpha value is -0.760. The van der Waals surface area contributed by atoms with E-state index in [1.807, 2.05) is 0 Å². The van der Waals surface area contributed by atoms with E-state index < -0.39 is 0 Å². The van der Waals surface area contributed by atoms with Crippen molar-refractivity contribution in [2.24, 2.45) is 0 Å². The molecule has 1 N–H and O–H groups in total. The van der Waals surface area contributed by atoms with Crippen LogP contribution in [0, 0.1) is 13.8 Å². The first-order valence-corrected chi connectivity index (χ1v) is 6.07. The second-order valence-corrected chi connectivity index (χ2v) is 4.10. The molecular weight excluding hydrogens is 184 g/mol. The van der Waals surface area contributed by atoms with Gasteiger partial charge in [0.1, 0.15) is 0 Å². The van der Waals surface area contributed by atoms with Crippen molar-refractivity contribution in [3.05, 3.63) is 23.0 Å². The van der Waals surface area contributed by atoms with E-state index in [9.17, 15) is 0 Å². The van der Waals surface area contributed by atoms with Gasteiger partial charge in [-0.3, -0.25) is 0 Å². The van der Waals surface area contributed by atoms with Crippen LogP contribution in [-0.4, -0.2) is 17.7 Å². The molecule has 1 aromatic rings. The summed E-state index contributed by atoms with van der Waals surface area (Å²) in [7, 11) is 0. The Balaban J connectivity index is 2.54. The average Bonchev–Trinajstić information content (AvgIpc) is 2.49. The number of hydrogen-bond acceptors (Lipinski definition) is 1. The van der Waals surface area contributed by atoms with Crippen molar-refractivity contribution in [2.45, 2.75) is 47.1 Å². The lowest BCUT2D eigenvalue weighted by atomic mass is 10.1. The summed E-state index contributed by atoms with van der Waals surface area (Å²) in [5.41, 5.74) is 4.37. The summed E-state index contributed by atoms with van der Waals surface area (Å²) in [5, 5.41) is 3.37. The molecule has 15 heavy (non-hydrogen) atoms. The Labute approximate surface area is 93.7 Å². The van der Waals surface area contributed by atoms with Crippen LogP contribution in [0.2, 0.25) is 0 Å². The van der Waals surface area contributed by atoms with E-state index in [0.29, 0.717) is 0 Å². The van der Waals surface area contributed by atoms with Gasteiger partial charge in [0.05, 0.1) is 0 Å². The number of nitrogens with one attached hydrogen (secondary N) is 1. The Morgan fingerprint density at radius 2 is 2.00 bits per heavy atom. The smallest absolute Gasteiger partial charge is 0.0196 e. The van der Waals surface area contributed by atoms with Crippen LogP contribution in [0.15, 0.2) is 6.07 Å². The van der Waals surface area contributed by atoms with Crippen LogP contribution >= 0.6 is 0 Å². The van der Waals surface area contributed by atoms with E-state index in [0.717, 1.165) is 19.6 Å². The van der Waals surface area contributed by atoms with E-state index in [1.54, 1.807) is 0 Å². The van der Waals surface area contributed by atoms with Crippen LogP contribution < -0.4 is 5.32 Å². The molecule has 2 nitrogen and oxygen atoms in total. The minimum atomic E-state index is 1.08. The molecule has 0 spiro atoms. The van der Waals surface area contributed by atoms with Gasteiger partial charge in [0.2, 0.25) is 0 Å². The first-order valence-electron chi connectivity index (χ1n) is 6.07. The predicted molar refractivity (Wildman–Crippen MR) is 66.4 cm³/mol. The highest BCUT2D eigenvalue weighted by atomic mass is 15.0. The molecule has 0 bridgehead atoms. The highest BCUT2D eigenvalue weighted by Gasteiger charge is 2.06. The summed E-state index contributed by atoms with van der Waals surface area (Å²) >= 11 is 0. The number of hydrogen-bond donors (Lipinski definition) is 1. The molecule has 0 aliphatic rings. The Morgan fingerprint density at radius 1 is 1.27 bits per heavy atom. The third kappa shape index (κ3) is 3.10. The molecule has 1 aromatic heterocycles. The fourth-order valence-corrected chi connectivity index (χ4v) is 2.19. The molecule has 0 fully saturated rings. The van der Waals surface area contributed by atoms with Gasteiger partial charge in [0, 0.05) is 17.9 Å². The molecule has 0 unspecified atom stereocenters. The second-order valence-electron chi connectivity index (χ2n) is 4.10. The summed E-state index contributed by atoms with van der Waals surface area (Å²) in [6, 6.07) is 2.34. The van der Waals surface area contributed by atoms with Crippen molar-refractivity contribution in [1.82, 2.24) is 9.88 Å². The van der Waals surface area contributed by atoms with Gasteiger partial charge < -0.3 is 9.88 Å². The lowest BCUT2D eigenvalue weighted by Crippen LogP contribution is -2.14. The topological polar surface area (TPSA) is 17.0 Å². The number of aryl methyl sites for hydroxylation is 2. The summed E-state index contributed by atoms with van der Waals surface area (Å²) in [6.45, 7) is 12.1. The Bertz CT molecular complexity index is 300. The van der Waals surface area contributed by atoms with Crippen molar-refractivity contribution in [2.75, 3.05) is 13.1 Å². The normalized spacial score (nSPS) is 10.9. The molecule has 0 atom stereocenters. The Kier molecular flexibility index (Phi) is 4.89. The maximum Gasteiger partial charge on any atom is 0.0196 e. The fourth-order valence-electron chi connectivity index (χ4n) is 2.19. The van der Waals surface area contributed by atoms with Crippen molar-refractivity contribution >= 4 is 0 Å². The molecule has 0 aliphatic heterocycles. The minimum Gasteiger partial charge on any atom is -0.349 e. The van der Waals surface area contributed by atoms with Gasteiger partial charge in [-0.1, -0.05) is 6.92 Å². The first-order chi connectivity index (χ1) is 7.20. The average molecular weight is 208 g/mol. The van der Waals surface area contributed by atoms with Crippen LogP contribution in [0.3, 0.4) is 0 Å². The summed E-state index contributed by atoms with van der Waals surface area (Å²) in [6.07, 6.45) is 2.44. The van der Waals surface area contributed by atoms with Gasteiger partial charge in [-0.2, -0.15) is 0 Å². The third-order valence-electron chi connectivity index (χ3n) is 3.04. The molecule has 0 saturated heterocycles. The standard InChI is InChI=1S/C13H24N2/c1-5-14-9-7-8-13-10-11(3)15(6-2)12(13)4/h10,14H,5-9H2,1-4H3. The maximum absolute atomic E-state index is 3.37. The van der Waals surface area contributed by atoms with Gasteiger partial charge >= 0.3 is 0 Å². The van der Waals surface area contributed by atoms with Crippen molar-refractivity contribution in [1.29, 1.82) is 0 Å². The van der Waals surface area contributed by atoms with E-state index in [2.05, 4.69) is 43.6 Å². The minimum absolute atomic E-state index is 1.08. The highest BCUT2D eigenvalue weighted by molar-refractivity contribution is 5.26. The van der Waals surface area contributed by atoms with E-state index >= 15 is 0 Å². The summed E-state index contributed by atoms with van der Waals surface area (Å²) < 4.78 is 2.39. The number of aromatic nitrogens is 1. The first kappa shape index (κ1) is 12.3. The molecule has 0 aromatic carbocycles. The quantitative estimate of drug-likeness (QED) is 0.711. The maximum atomic E-state index is 3.37. The van der Waals surface area contributed by atoms with Crippen LogP contribution in [0.4, 0.5) is 0 Å². The summed E-state index contributed by atoms with van der Waals surface area (Å²) in [4.78, 5) is 0. The van der Waals surface area contributed by atoms with Gasteiger partial charge in [-0.15, -0.1) is 0 Å². The van der Waals surface area contributed by atoms with Crippen molar-refractivity contribution in [3.63, 3.8) is 0 Å². The van der Waals surface area contributed by atoms with Gasteiger partial charge in [0.25, 0.3) is 0 Å². The zero-order valence-corrected chi connectivity index (χ0v) is 10.6.